The molecule has 2 aromatic carbocycles. The maximum absolute atomic E-state index is 12.2. The lowest BCUT2D eigenvalue weighted by atomic mass is 10.1. The monoisotopic (exact) mass is 295 g/mol. The van der Waals surface area contributed by atoms with Gasteiger partial charge in [0.2, 0.25) is 0 Å². The third-order valence-electron chi connectivity index (χ3n) is 3.47. The normalized spacial score (nSPS) is 12.6. The molecule has 0 aliphatic carbocycles. The molecule has 1 unspecified atom stereocenters. The van der Waals surface area contributed by atoms with Gasteiger partial charge in [0.05, 0.1) is 7.11 Å². The first-order valence-electron chi connectivity index (χ1n) is 7.28. The summed E-state index contributed by atoms with van der Waals surface area (Å²) >= 11 is 0. The Balaban J connectivity index is 2.03. The van der Waals surface area contributed by atoms with Crippen LogP contribution in [0, 0.1) is 0 Å². The van der Waals surface area contributed by atoms with Crippen molar-refractivity contribution in [1.29, 1.82) is 0 Å². The zero-order valence-electron chi connectivity index (χ0n) is 13.2. The van der Waals surface area contributed by atoms with Crippen molar-refractivity contribution in [1.82, 2.24) is 5.32 Å². The fourth-order valence-electron chi connectivity index (χ4n) is 2.24. The fraction of sp³-hybridized carbons (Fsp3) is 0.211. The van der Waals surface area contributed by atoms with E-state index >= 15 is 0 Å². The molecule has 0 aromatic heterocycles. The summed E-state index contributed by atoms with van der Waals surface area (Å²) in [6.07, 6.45) is 1.63. The second kappa shape index (κ2) is 7.46. The Bertz CT molecular complexity index is 645. The van der Waals surface area contributed by atoms with Crippen molar-refractivity contribution in [2.45, 2.75) is 19.9 Å². The van der Waals surface area contributed by atoms with E-state index in [9.17, 15) is 4.79 Å². The molecule has 0 amide bonds. The van der Waals surface area contributed by atoms with Crippen molar-refractivity contribution >= 4 is 5.78 Å². The third kappa shape index (κ3) is 4.22. The molecule has 3 heteroatoms. The van der Waals surface area contributed by atoms with Crippen molar-refractivity contribution < 1.29 is 9.53 Å². The molecule has 0 fully saturated rings. The van der Waals surface area contributed by atoms with Crippen LogP contribution in [0.4, 0.5) is 0 Å². The highest BCUT2D eigenvalue weighted by Gasteiger charge is 2.07. The molecule has 0 saturated carbocycles. The van der Waals surface area contributed by atoms with E-state index in [2.05, 4.69) is 24.4 Å². The predicted octanol–water partition coefficient (Wildman–Crippen LogP) is 4.13. The minimum absolute atomic E-state index is 0.0204. The number of methoxy groups -OCH3 is 1. The van der Waals surface area contributed by atoms with E-state index in [1.54, 1.807) is 37.5 Å². The van der Waals surface area contributed by atoms with Gasteiger partial charge in [-0.2, -0.15) is 0 Å². The van der Waals surface area contributed by atoms with E-state index in [4.69, 9.17) is 4.74 Å². The van der Waals surface area contributed by atoms with Crippen molar-refractivity contribution in [3.8, 4) is 5.75 Å². The molecule has 2 rings (SSSR count). The van der Waals surface area contributed by atoms with Gasteiger partial charge in [0, 0.05) is 23.4 Å². The summed E-state index contributed by atoms with van der Waals surface area (Å²) in [5, 5.41) is 3.33. The molecule has 0 heterocycles. The summed E-state index contributed by atoms with van der Waals surface area (Å²) in [6.45, 7) is 3.98. The Morgan fingerprint density at radius 3 is 2.32 bits per heavy atom. The Morgan fingerprint density at radius 2 is 1.73 bits per heavy atom. The van der Waals surface area contributed by atoms with Gasteiger partial charge in [0.15, 0.2) is 5.78 Å². The molecule has 2 aromatic rings. The van der Waals surface area contributed by atoms with Crippen LogP contribution in [0.25, 0.3) is 0 Å². The minimum Gasteiger partial charge on any atom is -0.497 e. The van der Waals surface area contributed by atoms with E-state index < -0.39 is 0 Å². The average molecular weight is 295 g/mol. The highest BCUT2D eigenvalue weighted by molar-refractivity contribution is 6.04. The molecule has 1 atom stereocenters. The summed E-state index contributed by atoms with van der Waals surface area (Å²) < 4.78 is 5.09. The number of carbonyl (C=O) groups excluding carboxylic acids is 1. The number of benzene rings is 2. The van der Waals surface area contributed by atoms with E-state index in [1.165, 1.54) is 5.56 Å². The standard InChI is InChI=1S/C19H21NO2/c1-14(20-15(2)16-7-5-4-6-8-16)13-19(21)17-9-11-18(22-3)12-10-17/h4-13,15,20H,1-3H3. The van der Waals surface area contributed by atoms with Gasteiger partial charge in [0.1, 0.15) is 5.75 Å². The maximum Gasteiger partial charge on any atom is 0.187 e. The average Bonchev–Trinajstić information content (AvgIpc) is 2.55. The molecule has 0 saturated heterocycles. The number of hydrogen-bond acceptors (Lipinski definition) is 3. The van der Waals surface area contributed by atoms with Gasteiger partial charge in [-0.3, -0.25) is 4.79 Å². The lowest BCUT2D eigenvalue weighted by molar-refractivity contribution is 0.104. The minimum atomic E-state index is -0.0204. The van der Waals surface area contributed by atoms with Crippen LogP contribution in [-0.4, -0.2) is 12.9 Å². The molecule has 0 aliphatic rings. The van der Waals surface area contributed by atoms with Gasteiger partial charge in [-0.25, -0.2) is 0 Å². The first-order valence-corrected chi connectivity index (χ1v) is 7.28. The first-order chi connectivity index (χ1) is 10.6. The van der Waals surface area contributed by atoms with Gasteiger partial charge in [-0.1, -0.05) is 30.3 Å². The molecular formula is C19H21NO2. The second-order valence-electron chi connectivity index (χ2n) is 5.20. The van der Waals surface area contributed by atoms with Crippen LogP contribution in [0.5, 0.6) is 5.75 Å². The van der Waals surface area contributed by atoms with Gasteiger partial charge in [-0.05, 0) is 43.7 Å². The molecule has 0 spiro atoms. The number of ketones is 1. The number of carbonyl (C=O) groups is 1. The number of allylic oxidation sites excluding steroid dienone is 2. The second-order valence-corrected chi connectivity index (χ2v) is 5.20. The quantitative estimate of drug-likeness (QED) is 0.643. The molecule has 114 valence electrons. The van der Waals surface area contributed by atoms with Crippen LogP contribution in [0.3, 0.4) is 0 Å². The lowest BCUT2D eigenvalue weighted by Crippen LogP contribution is -2.17. The van der Waals surface area contributed by atoms with Crippen LogP contribution in [0.2, 0.25) is 0 Å². The molecule has 1 N–H and O–H groups in total. The van der Waals surface area contributed by atoms with E-state index in [0.29, 0.717) is 5.56 Å². The van der Waals surface area contributed by atoms with E-state index in [0.717, 1.165) is 11.4 Å². The van der Waals surface area contributed by atoms with Crippen LogP contribution < -0.4 is 10.1 Å². The molecule has 0 radical (unpaired) electrons. The number of hydrogen-bond donors (Lipinski definition) is 1. The topological polar surface area (TPSA) is 38.3 Å². The van der Waals surface area contributed by atoms with Crippen molar-refractivity contribution in [2.75, 3.05) is 7.11 Å². The SMILES string of the molecule is COc1ccc(C(=O)C=C(C)NC(C)c2ccccc2)cc1. The zero-order chi connectivity index (χ0) is 15.9. The van der Waals surface area contributed by atoms with Crippen molar-refractivity contribution in [2.24, 2.45) is 0 Å². The van der Waals surface area contributed by atoms with Gasteiger partial charge in [-0.15, -0.1) is 0 Å². The fourth-order valence-corrected chi connectivity index (χ4v) is 2.24. The van der Waals surface area contributed by atoms with Crippen LogP contribution in [-0.2, 0) is 0 Å². The van der Waals surface area contributed by atoms with Gasteiger partial charge < -0.3 is 10.1 Å². The highest BCUT2D eigenvalue weighted by Crippen LogP contribution is 2.15. The summed E-state index contributed by atoms with van der Waals surface area (Å²) in [5.41, 5.74) is 2.68. The van der Waals surface area contributed by atoms with Crippen LogP contribution >= 0.6 is 0 Å². The van der Waals surface area contributed by atoms with Gasteiger partial charge in [0.25, 0.3) is 0 Å². The molecule has 3 nitrogen and oxygen atoms in total. The predicted molar refractivity (Wildman–Crippen MR) is 89.1 cm³/mol. The zero-order valence-corrected chi connectivity index (χ0v) is 13.2. The molecule has 0 bridgehead atoms. The van der Waals surface area contributed by atoms with Crippen LogP contribution in [0.1, 0.15) is 35.8 Å². The first kappa shape index (κ1) is 15.8. The van der Waals surface area contributed by atoms with Crippen molar-refractivity contribution in [3.05, 3.63) is 77.5 Å². The Labute approximate surface area is 131 Å². The third-order valence-corrected chi connectivity index (χ3v) is 3.47. The van der Waals surface area contributed by atoms with Gasteiger partial charge >= 0.3 is 0 Å². The smallest absolute Gasteiger partial charge is 0.187 e. The Kier molecular flexibility index (Phi) is 5.37. The summed E-state index contributed by atoms with van der Waals surface area (Å²) in [7, 11) is 1.61. The summed E-state index contributed by atoms with van der Waals surface area (Å²) in [6, 6.07) is 17.4. The number of nitrogens with one attached hydrogen (secondary N) is 1. The van der Waals surface area contributed by atoms with E-state index in [1.807, 2.05) is 25.1 Å². The Morgan fingerprint density at radius 1 is 1.09 bits per heavy atom. The largest absolute Gasteiger partial charge is 0.497 e. The maximum atomic E-state index is 12.2. The highest BCUT2D eigenvalue weighted by atomic mass is 16.5. The number of ether oxygens (including phenoxy) is 1. The van der Waals surface area contributed by atoms with E-state index in [-0.39, 0.29) is 11.8 Å². The van der Waals surface area contributed by atoms with Crippen molar-refractivity contribution in [3.63, 3.8) is 0 Å². The molecule has 0 aliphatic heterocycles. The molecule has 22 heavy (non-hydrogen) atoms. The number of rotatable bonds is 6. The summed E-state index contributed by atoms with van der Waals surface area (Å²) in [4.78, 5) is 12.2. The summed E-state index contributed by atoms with van der Waals surface area (Å²) in [5.74, 6) is 0.723. The van der Waals surface area contributed by atoms with Crippen LogP contribution in [0.15, 0.2) is 66.4 Å². The molecular weight excluding hydrogens is 274 g/mol. The Hall–Kier alpha value is -2.55. The lowest BCUT2D eigenvalue weighted by Gasteiger charge is -2.15.